The van der Waals surface area contributed by atoms with Gasteiger partial charge < -0.3 is 16.0 Å². The molecule has 164 valence electrons. The smallest absolute Gasteiger partial charge is 0.251 e. The molecule has 1 fully saturated rings. The van der Waals surface area contributed by atoms with Crippen molar-refractivity contribution in [2.24, 2.45) is 17.3 Å². The van der Waals surface area contributed by atoms with E-state index in [0.29, 0.717) is 34.3 Å². The van der Waals surface area contributed by atoms with Crippen LogP contribution in [0.4, 0.5) is 11.4 Å². The third kappa shape index (κ3) is 6.18. The lowest BCUT2D eigenvalue weighted by Gasteiger charge is -2.34. The average Bonchev–Trinajstić information content (AvgIpc) is 2.64. The number of hydrogen-bond acceptors (Lipinski definition) is 3. The van der Waals surface area contributed by atoms with Crippen molar-refractivity contribution in [3.63, 3.8) is 0 Å². The maximum Gasteiger partial charge on any atom is 0.251 e. The molecule has 0 aromatic heterocycles. The summed E-state index contributed by atoms with van der Waals surface area (Å²) in [6.45, 7) is 15.1. The van der Waals surface area contributed by atoms with Crippen LogP contribution in [0, 0.1) is 17.3 Å². The molecular formula is C24H35N3O3. The molecule has 1 aromatic carbocycles. The molecule has 3 N–H and O–H groups in total. The first-order valence-electron chi connectivity index (χ1n) is 10.6. The van der Waals surface area contributed by atoms with Crippen LogP contribution in [0.1, 0.15) is 71.2 Å². The van der Waals surface area contributed by atoms with Crippen molar-refractivity contribution in [3.05, 3.63) is 35.9 Å². The number of amides is 3. The van der Waals surface area contributed by atoms with E-state index in [9.17, 15) is 14.4 Å². The van der Waals surface area contributed by atoms with E-state index in [-0.39, 0.29) is 23.8 Å². The van der Waals surface area contributed by atoms with Crippen LogP contribution in [0.25, 0.3) is 0 Å². The Balaban J connectivity index is 2.30. The minimum atomic E-state index is -0.590. The van der Waals surface area contributed by atoms with Gasteiger partial charge in [0.1, 0.15) is 0 Å². The minimum absolute atomic E-state index is 0.113. The normalized spacial score (nSPS) is 21.5. The first kappa shape index (κ1) is 23.6. The lowest BCUT2D eigenvalue weighted by Crippen LogP contribution is -2.43. The Kier molecular flexibility index (Phi) is 7.45. The van der Waals surface area contributed by atoms with Gasteiger partial charge in [-0.05, 0) is 43.4 Å². The average molecular weight is 414 g/mol. The predicted molar refractivity (Wildman–Crippen MR) is 121 cm³/mol. The highest BCUT2D eigenvalue weighted by atomic mass is 16.2. The first-order chi connectivity index (χ1) is 13.9. The van der Waals surface area contributed by atoms with E-state index in [1.165, 1.54) is 6.42 Å². The summed E-state index contributed by atoms with van der Waals surface area (Å²) in [5.41, 5.74) is 1.06. The molecule has 1 saturated carbocycles. The number of carbonyl (C=O) groups excluding carboxylic acids is 3. The Bertz CT molecular complexity index is 839. The van der Waals surface area contributed by atoms with Gasteiger partial charge in [-0.3, -0.25) is 14.4 Å². The Morgan fingerprint density at radius 2 is 1.60 bits per heavy atom. The van der Waals surface area contributed by atoms with E-state index < -0.39 is 5.41 Å². The summed E-state index contributed by atoms with van der Waals surface area (Å²) in [7, 11) is 0. The maximum atomic E-state index is 13.0. The van der Waals surface area contributed by atoms with Gasteiger partial charge in [0.2, 0.25) is 5.91 Å². The van der Waals surface area contributed by atoms with E-state index in [0.717, 1.165) is 12.8 Å². The van der Waals surface area contributed by atoms with Crippen LogP contribution >= 0.6 is 0 Å². The van der Waals surface area contributed by atoms with Crippen LogP contribution in [-0.4, -0.2) is 23.8 Å². The summed E-state index contributed by atoms with van der Waals surface area (Å²) < 4.78 is 0. The standard InChI is InChI=1S/C24H35N3O3/c1-14(2)21(28)25-18-11-17(12-19(13-18)26-23(30)24(5,6)7)22(29)27-20-10-8-9-15(3)16(20)4/h11-13,15-16,20H,1,8-10H2,2-7H3,(H,25,28)(H,26,30)(H,27,29). The Morgan fingerprint density at radius 3 is 2.17 bits per heavy atom. The van der Waals surface area contributed by atoms with Gasteiger partial charge in [-0.15, -0.1) is 0 Å². The van der Waals surface area contributed by atoms with Crippen LogP contribution in [-0.2, 0) is 9.59 Å². The number of hydrogen-bond donors (Lipinski definition) is 3. The predicted octanol–water partition coefficient (Wildman–Crippen LogP) is 4.74. The molecule has 6 heteroatoms. The molecule has 1 aliphatic rings. The molecule has 0 spiro atoms. The van der Waals surface area contributed by atoms with Crippen LogP contribution in [0.3, 0.4) is 0 Å². The largest absolute Gasteiger partial charge is 0.349 e. The van der Waals surface area contributed by atoms with Gasteiger partial charge in [0.05, 0.1) is 0 Å². The van der Waals surface area contributed by atoms with Gasteiger partial charge in [0.15, 0.2) is 0 Å². The zero-order valence-corrected chi connectivity index (χ0v) is 19.0. The molecule has 0 aliphatic heterocycles. The zero-order valence-electron chi connectivity index (χ0n) is 19.0. The van der Waals surface area contributed by atoms with Crippen molar-refractivity contribution >= 4 is 29.1 Å². The highest BCUT2D eigenvalue weighted by Crippen LogP contribution is 2.30. The molecule has 3 atom stereocenters. The first-order valence-corrected chi connectivity index (χ1v) is 10.6. The van der Waals surface area contributed by atoms with Crippen molar-refractivity contribution in [1.29, 1.82) is 0 Å². The van der Waals surface area contributed by atoms with Crippen LogP contribution < -0.4 is 16.0 Å². The van der Waals surface area contributed by atoms with E-state index in [1.54, 1.807) is 25.1 Å². The second kappa shape index (κ2) is 9.45. The van der Waals surface area contributed by atoms with Gasteiger partial charge >= 0.3 is 0 Å². The Morgan fingerprint density at radius 1 is 1.00 bits per heavy atom. The Hall–Kier alpha value is -2.63. The van der Waals surface area contributed by atoms with Gasteiger partial charge in [0.25, 0.3) is 11.8 Å². The third-order valence-electron chi connectivity index (χ3n) is 5.80. The topological polar surface area (TPSA) is 87.3 Å². The maximum absolute atomic E-state index is 13.0. The summed E-state index contributed by atoms with van der Waals surface area (Å²) >= 11 is 0. The molecule has 3 unspecified atom stereocenters. The van der Waals surface area contributed by atoms with Crippen molar-refractivity contribution in [2.45, 2.75) is 66.8 Å². The van der Waals surface area contributed by atoms with Crippen molar-refractivity contribution in [1.82, 2.24) is 5.32 Å². The molecule has 6 nitrogen and oxygen atoms in total. The number of rotatable bonds is 5. The molecular weight excluding hydrogens is 378 g/mol. The van der Waals surface area contributed by atoms with E-state index in [4.69, 9.17) is 0 Å². The highest BCUT2D eigenvalue weighted by molar-refractivity contribution is 6.05. The second-order valence-corrected chi connectivity index (χ2v) is 9.58. The molecule has 0 heterocycles. The van der Waals surface area contributed by atoms with E-state index >= 15 is 0 Å². The molecule has 3 amide bonds. The lowest BCUT2D eigenvalue weighted by atomic mass is 9.78. The quantitative estimate of drug-likeness (QED) is 0.609. The lowest BCUT2D eigenvalue weighted by molar-refractivity contribution is -0.123. The molecule has 1 aliphatic carbocycles. The number of carbonyl (C=O) groups is 3. The Labute approximate surface area is 179 Å². The number of nitrogens with one attached hydrogen (secondary N) is 3. The molecule has 0 radical (unpaired) electrons. The van der Waals surface area contributed by atoms with E-state index in [2.05, 4.69) is 36.4 Å². The minimum Gasteiger partial charge on any atom is -0.349 e. The summed E-state index contributed by atoms with van der Waals surface area (Å²) in [6.07, 6.45) is 3.23. The highest BCUT2D eigenvalue weighted by Gasteiger charge is 2.29. The molecule has 2 rings (SSSR count). The second-order valence-electron chi connectivity index (χ2n) is 9.58. The van der Waals surface area contributed by atoms with Crippen LogP contribution in [0.5, 0.6) is 0 Å². The summed E-state index contributed by atoms with van der Waals surface area (Å²) in [5.74, 6) is 0.238. The van der Waals surface area contributed by atoms with Gasteiger partial charge in [-0.1, -0.05) is 54.0 Å². The van der Waals surface area contributed by atoms with Gasteiger partial charge in [-0.25, -0.2) is 0 Å². The summed E-state index contributed by atoms with van der Waals surface area (Å²) in [4.78, 5) is 37.5. The van der Waals surface area contributed by atoms with Crippen molar-refractivity contribution in [3.8, 4) is 0 Å². The van der Waals surface area contributed by atoms with Crippen molar-refractivity contribution in [2.75, 3.05) is 10.6 Å². The molecule has 0 bridgehead atoms. The SMILES string of the molecule is C=C(C)C(=O)Nc1cc(NC(=O)C(C)(C)C)cc(C(=O)NC2CCCC(C)C2C)c1. The van der Waals surface area contributed by atoms with Gasteiger partial charge in [0, 0.05) is 34.0 Å². The molecule has 30 heavy (non-hydrogen) atoms. The fourth-order valence-corrected chi connectivity index (χ4v) is 3.50. The van der Waals surface area contributed by atoms with Crippen LogP contribution in [0.2, 0.25) is 0 Å². The third-order valence-corrected chi connectivity index (χ3v) is 5.80. The fraction of sp³-hybridized carbons (Fsp3) is 0.542. The number of anilines is 2. The fourth-order valence-electron chi connectivity index (χ4n) is 3.50. The molecule has 1 aromatic rings. The van der Waals surface area contributed by atoms with Gasteiger partial charge in [-0.2, -0.15) is 0 Å². The van der Waals surface area contributed by atoms with Crippen molar-refractivity contribution < 1.29 is 14.4 Å². The summed E-state index contributed by atoms with van der Waals surface area (Å²) in [5, 5.41) is 8.73. The van der Waals surface area contributed by atoms with E-state index in [1.807, 2.05) is 20.8 Å². The zero-order chi connectivity index (χ0) is 22.6. The number of benzene rings is 1. The summed E-state index contributed by atoms with van der Waals surface area (Å²) in [6, 6.07) is 5.03. The monoisotopic (exact) mass is 413 g/mol. The van der Waals surface area contributed by atoms with Crippen LogP contribution in [0.15, 0.2) is 30.4 Å². The molecule has 0 saturated heterocycles.